The van der Waals surface area contributed by atoms with Gasteiger partial charge >= 0.3 is 0 Å². The number of carbonyl (C=O) groups is 1. The van der Waals surface area contributed by atoms with Crippen LogP contribution in [0.3, 0.4) is 0 Å². The van der Waals surface area contributed by atoms with Gasteiger partial charge in [-0.1, -0.05) is 41.9 Å². The average Bonchev–Trinajstić information content (AvgIpc) is 2.70. The molecule has 0 aliphatic heterocycles. The molecule has 0 atom stereocenters. The van der Waals surface area contributed by atoms with E-state index in [1.807, 2.05) is 30.3 Å². The summed E-state index contributed by atoms with van der Waals surface area (Å²) < 4.78 is 6.71. The van der Waals surface area contributed by atoms with Gasteiger partial charge in [0.15, 0.2) is 0 Å². The third-order valence-corrected chi connectivity index (χ3v) is 4.42. The molecular weight excluding hydrogens is 378 g/mol. The second kappa shape index (κ2) is 9.19. The number of hydrogen-bond acceptors (Lipinski definition) is 4. The number of hydrogen-bond donors (Lipinski definition) is 1. The van der Waals surface area contributed by atoms with E-state index < -0.39 is 0 Å². The molecule has 0 unspecified atom stereocenters. The predicted octanol–water partition coefficient (Wildman–Crippen LogP) is 3.99. The summed E-state index contributed by atoms with van der Waals surface area (Å²) >= 11 is 5.96. The summed E-state index contributed by atoms with van der Waals surface area (Å²) in [4.78, 5) is 28.8. The molecule has 6 nitrogen and oxygen atoms in total. The standard InChI is InChI=1S/C21H20ClN3O3/c1-28-19-10-9-16(22)12-18(19)24-20(26)8-5-11-25-14-23-17(13-21(25)27)15-6-3-2-4-7-15/h2-4,6-7,9-10,12-14H,5,8,11H2,1H3,(H,24,26). The minimum absolute atomic E-state index is 0.147. The Kier molecular flexibility index (Phi) is 6.45. The highest BCUT2D eigenvalue weighted by Gasteiger charge is 2.09. The Morgan fingerprint density at radius 2 is 1.96 bits per heavy atom. The van der Waals surface area contributed by atoms with Crippen LogP contribution in [0.15, 0.2) is 65.7 Å². The van der Waals surface area contributed by atoms with Gasteiger partial charge in [0.25, 0.3) is 5.56 Å². The molecule has 1 heterocycles. The second-order valence-electron chi connectivity index (χ2n) is 6.17. The fraction of sp³-hybridized carbons (Fsp3) is 0.190. The summed E-state index contributed by atoms with van der Waals surface area (Å²) in [6.45, 7) is 0.404. The van der Waals surface area contributed by atoms with Crippen LogP contribution in [-0.4, -0.2) is 22.6 Å². The smallest absolute Gasteiger partial charge is 0.253 e. The molecule has 1 N–H and O–H groups in total. The lowest BCUT2D eigenvalue weighted by Crippen LogP contribution is -2.21. The van der Waals surface area contributed by atoms with E-state index in [4.69, 9.17) is 16.3 Å². The zero-order valence-corrected chi connectivity index (χ0v) is 16.1. The van der Waals surface area contributed by atoms with E-state index in [-0.39, 0.29) is 17.9 Å². The van der Waals surface area contributed by atoms with Gasteiger partial charge in [-0.05, 0) is 24.6 Å². The Labute approximate surface area is 167 Å². The highest BCUT2D eigenvalue weighted by Crippen LogP contribution is 2.27. The van der Waals surface area contributed by atoms with Gasteiger partial charge in [-0.2, -0.15) is 0 Å². The Bertz CT molecular complexity index is 1020. The van der Waals surface area contributed by atoms with Crippen LogP contribution in [0.4, 0.5) is 5.69 Å². The van der Waals surface area contributed by atoms with E-state index in [1.54, 1.807) is 18.2 Å². The number of methoxy groups -OCH3 is 1. The Balaban J connectivity index is 1.57. The normalized spacial score (nSPS) is 10.5. The van der Waals surface area contributed by atoms with E-state index in [2.05, 4.69) is 10.3 Å². The Morgan fingerprint density at radius 1 is 1.18 bits per heavy atom. The minimum Gasteiger partial charge on any atom is -0.495 e. The first-order chi connectivity index (χ1) is 13.6. The molecule has 3 aromatic rings. The van der Waals surface area contributed by atoms with Gasteiger partial charge in [-0.15, -0.1) is 0 Å². The lowest BCUT2D eigenvalue weighted by atomic mass is 10.1. The molecule has 3 rings (SSSR count). The molecule has 0 saturated carbocycles. The quantitative estimate of drug-likeness (QED) is 0.654. The van der Waals surface area contributed by atoms with E-state index in [9.17, 15) is 9.59 Å². The summed E-state index contributed by atoms with van der Waals surface area (Å²) in [6.07, 6.45) is 2.27. The van der Waals surface area contributed by atoms with Gasteiger partial charge in [-0.3, -0.25) is 14.2 Å². The molecule has 0 bridgehead atoms. The van der Waals surface area contributed by atoms with E-state index in [0.29, 0.717) is 35.1 Å². The lowest BCUT2D eigenvalue weighted by Gasteiger charge is -2.11. The molecule has 2 aromatic carbocycles. The molecule has 0 aliphatic carbocycles. The zero-order chi connectivity index (χ0) is 19.9. The maximum Gasteiger partial charge on any atom is 0.253 e. The first-order valence-electron chi connectivity index (χ1n) is 8.82. The predicted molar refractivity (Wildman–Crippen MR) is 110 cm³/mol. The van der Waals surface area contributed by atoms with Crippen molar-refractivity contribution in [2.45, 2.75) is 19.4 Å². The van der Waals surface area contributed by atoms with E-state index in [0.717, 1.165) is 5.56 Å². The highest BCUT2D eigenvalue weighted by atomic mass is 35.5. The van der Waals surface area contributed by atoms with Gasteiger partial charge < -0.3 is 10.1 Å². The minimum atomic E-state index is -0.178. The monoisotopic (exact) mass is 397 g/mol. The van der Waals surface area contributed by atoms with Crippen LogP contribution in [0, 0.1) is 0 Å². The number of aromatic nitrogens is 2. The highest BCUT2D eigenvalue weighted by molar-refractivity contribution is 6.31. The fourth-order valence-electron chi connectivity index (χ4n) is 2.76. The molecule has 1 amide bonds. The lowest BCUT2D eigenvalue weighted by molar-refractivity contribution is -0.116. The Hall–Kier alpha value is -3.12. The van der Waals surface area contributed by atoms with Gasteiger partial charge in [0, 0.05) is 29.6 Å². The Morgan fingerprint density at radius 3 is 2.68 bits per heavy atom. The van der Waals surface area contributed by atoms with Crippen LogP contribution < -0.4 is 15.6 Å². The maximum atomic E-state index is 12.3. The molecule has 28 heavy (non-hydrogen) atoms. The van der Waals surface area contributed by atoms with Crippen molar-refractivity contribution in [3.05, 3.63) is 76.3 Å². The number of benzene rings is 2. The SMILES string of the molecule is COc1ccc(Cl)cc1NC(=O)CCCn1cnc(-c2ccccc2)cc1=O. The number of nitrogens with one attached hydrogen (secondary N) is 1. The third kappa shape index (κ3) is 4.98. The van der Waals surface area contributed by atoms with Crippen molar-refractivity contribution in [2.24, 2.45) is 0 Å². The van der Waals surface area contributed by atoms with Gasteiger partial charge in [-0.25, -0.2) is 4.98 Å². The molecule has 0 radical (unpaired) electrons. The zero-order valence-electron chi connectivity index (χ0n) is 15.4. The van der Waals surface area contributed by atoms with Gasteiger partial charge in [0.05, 0.1) is 24.8 Å². The third-order valence-electron chi connectivity index (χ3n) is 4.19. The van der Waals surface area contributed by atoms with Crippen molar-refractivity contribution in [3.63, 3.8) is 0 Å². The first kappa shape index (κ1) is 19.6. The molecule has 0 spiro atoms. The first-order valence-corrected chi connectivity index (χ1v) is 9.20. The summed E-state index contributed by atoms with van der Waals surface area (Å²) in [7, 11) is 1.53. The summed E-state index contributed by atoms with van der Waals surface area (Å²) in [5.41, 5.74) is 1.89. The number of ether oxygens (including phenoxy) is 1. The van der Waals surface area contributed by atoms with Crippen molar-refractivity contribution >= 4 is 23.2 Å². The molecule has 0 aliphatic rings. The van der Waals surface area contributed by atoms with Crippen molar-refractivity contribution < 1.29 is 9.53 Å². The molecule has 0 saturated heterocycles. The van der Waals surface area contributed by atoms with Crippen molar-refractivity contribution in [1.82, 2.24) is 9.55 Å². The number of carbonyl (C=O) groups excluding carboxylic acids is 1. The van der Waals surface area contributed by atoms with Crippen LogP contribution in [0.25, 0.3) is 11.3 Å². The van der Waals surface area contributed by atoms with Crippen LogP contribution in [0.5, 0.6) is 5.75 Å². The van der Waals surface area contributed by atoms with Crippen LogP contribution in [0.1, 0.15) is 12.8 Å². The molecule has 144 valence electrons. The number of anilines is 1. The molecule has 7 heteroatoms. The van der Waals surface area contributed by atoms with Gasteiger partial charge in [0.1, 0.15) is 5.75 Å². The number of halogens is 1. The van der Waals surface area contributed by atoms with Crippen molar-refractivity contribution in [3.8, 4) is 17.0 Å². The number of nitrogens with zero attached hydrogens (tertiary/aromatic N) is 2. The largest absolute Gasteiger partial charge is 0.495 e. The van der Waals surface area contributed by atoms with Crippen LogP contribution >= 0.6 is 11.6 Å². The second-order valence-corrected chi connectivity index (χ2v) is 6.60. The number of aryl methyl sites for hydroxylation is 1. The topological polar surface area (TPSA) is 73.2 Å². The molecule has 1 aromatic heterocycles. The maximum absolute atomic E-state index is 12.3. The molecule has 0 fully saturated rings. The number of amides is 1. The summed E-state index contributed by atoms with van der Waals surface area (Å²) in [5, 5.41) is 3.29. The number of rotatable bonds is 7. The van der Waals surface area contributed by atoms with E-state index >= 15 is 0 Å². The molecular formula is C21H20ClN3O3. The average molecular weight is 398 g/mol. The van der Waals surface area contributed by atoms with Crippen molar-refractivity contribution in [1.29, 1.82) is 0 Å². The van der Waals surface area contributed by atoms with Crippen LogP contribution in [0.2, 0.25) is 5.02 Å². The fourth-order valence-corrected chi connectivity index (χ4v) is 2.93. The summed E-state index contributed by atoms with van der Waals surface area (Å²) in [6, 6.07) is 16.0. The van der Waals surface area contributed by atoms with Gasteiger partial charge in [0.2, 0.25) is 5.91 Å². The van der Waals surface area contributed by atoms with Crippen LogP contribution in [-0.2, 0) is 11.3 Å². The summed E-state index contributed by atoms with van der Waals surface area (Å²) in [5.74, 6) is 0.358. The van der Waals surface area contributed by atoms with E-state index in [1.165, 1.54) is 24.1 Å². The van der Waals surface area contributed by atoms with Crippen molar-refractivity contribution in [2.75, 3.05) is 12.4 Å².